The van der Waals surface area contributed by atoms with Gasteiger partial charge in [0.15, 0.2) is 0 Å². The number of allylic oxidation sites excluding steroid dienone is 3. The fourth-order valence-electron chi connectivity index (χ4n) is 1.02. The van der Waals surface area contributed by atoms with Crippen molar-refractivity contribution in [3.8, 4) is 0 Å². The molecule has 1 heteroatoms. The molecule has 0 rings (SSSR count). The Balaban J connectivity index is 3.73. The van der Waals surface area contributed by atoms with E-state index in [4.69, 9.17) is 0 Å². The van der Waals surface area contributed by atoms with Crippen LogP contribution in [-0.4, -0.2) is 11.4 Å². The van der Waals surface area contributed by atoms with Crippen LogP contribution in [0.3, 0.4) is 0 Å². The van der Waals surface area contributed by atoms with Gasteiger partial charge in [0.1, 0.15) is 0 Å². The van der Waals surface area contributed by atoms with Crippen molar-refractivity contribution >= 4 is 0 Å². The van der Waals surface area contributed by atoms with Crippen LogP contribution in [-0.2, 0) is 0 Å². The third-order valence-corrected chi connectivity index (χ3v) is 1.90. The summed E-state index contributed by atoms with van der Waals surface area (Å²) in [4.78, 5) is 2.04. The van der Waals surface area contributed by atoms with Gasteiger partial charge in [0.05, 0.1) is 0 Å². The van der Waals surface area contributed by atoms with E-state index in [1.165, 1.54) is 0 Å². The van der Waals surface area contributed by atoms with E-state index in [-0.39, 0.29) is 0 Å². The van der Waals surface area contributed by atoms with E-state index in [2.05, 4.69) is 26.3 Å². The van der Waals surface area contributed by atoms with Crippen LogP contribution in [0.5, 0.6) is 0 Å². The molecular formula is C12H19N. The Morgan fingerprint density at radius 3 is 2.31 bits per heavy atom. The molecule has 0 saturated carbocycles. The number of nitrogens with zero attached hydrogens (tertiary/aromatic N) is 1. The maximum absolute atomic E-state index is 3.86. The summed E-state index contributed by atoms with van der Waals surface area (Å²) in [7, 11) is 0. The molecule has 0 aromatic rings. The first-order chi connectivity index (χ1) is 6.11. The first-order valence-corrected chi connectivity index (χ1v) is 4.46. The largest absolute Gasteiger partial charge is 0.353 e. The molecule has 0 atom stereocenters. The Labute approximate surface area is 81.8 Å². The number of rotatable bonds is 7. The quantitative estimate of drug-likeness (QED) is 0.538. The van der Waals surface area contributed by atoms with E-state index < -0.39 is 0 Å². The van der Waals surface area contributed by atoms with E-state index in [1.54, 1.807) is 12.3 Å². The molecule has 0 aliphatic carbocycles. The molecule has 0 aliphatic rings. The molecule has 1 nitrogen and oxygen atoms in total. The topological polar surface area (TPSA) is 3.24 Å². The maximum Gasteiger partial charge on any atom is 0.0224 e. The fraction of sp³-hybridized carbons (Fsp3) is 0.333. The normalized spacial score (nSPS) is 9.00. The number of hydrogen-bond acceptors (Lipinski definition) is 1. The van der Waals surface area contributed by atoms with Gasteiger partial charge in [0.2, 0.25) is 0 Å². The third kappa shape index (κ3) is 5.07. The van der Waals surface area contributed by atoms with E-state index >= 15 is 0 Å². The number of hydrogen-bond donors (Lipinski definition) is 0. The second-order valence-electron chi connectivity index (χ2n) is 3.08. The minimum Gasteiger partial charge on any atom is -0.353 e. The molecule has 72 valence electrons. The van der Waals surface area contributed by atoms with Gasteiger partial charge in [0, 0.05) is 12.2 Å². The summed E-state index contributed by atoms with van der Waals surface area (Å²) in [6.45, 7) is 18.0. The van der Waals surface area contributed by atoms with Crippen LogP contribution in [0.25, 0.3) is 0 Å². The van der Waals surface area contributed by atoms with Crippen molar-refractivity contribution in [2.75, 3.05) is 6.54 Å². The van der Waals surface area contributed by atoms with Gasteiger partial charge in [-0.1, -0.05) is 38.0 Å². The molecule has 0 fully saturated rings. The lowest BCUT2D eigenvalue weighted by Crippen LogP contribution is -2.14. The maximum atomic E-state index is 3.86. The Bertz CT molecular complexity index is 213. The average Bonchev–Trinajstić information content (AvgIpc) is 2.11. The molecule has 0 heterocycles. The molecule has 0 aromatic heterocycles. The van der Waals surface area contributed by atoms with Gasteiger partial charge >= 0.3 is 0 Å². The van der Waals surface area contributed by atoms with E-state index in [0.29, 0.717) is 0 Å². The predicted octanol–water partition coefficient (Wildman–Crippen LogP) is 3.49. The highest BCUT2D eigenvalue weighted by Gasteiger charge is 1.98. The molecule has 0 unspecified atom stereocenters. The molecule has 0 aromatic carbocycles. The Morgan fingerprint density at radius 2 is 1.92 bits per heavy atom. The first-order valence-electron chi connectivity index (χ1n) is 4.46. The van der Waals surface area contributed by atoms with Crippen molar-refractivity contribution in [2.24, 2.45) is 0 Å². The molecule has 0 spiro atoms. The Hall–Kier alpha value is -1.24. The van der Waals surface area contributed by atoms with Crippen molar-refractivity contribution in [1.29, 1.82) is 0 Å². The van der Waals surface area contributed by atoms with Crippen LogP contribution in [0, 0.1) is 0 Å². The summed E-state index contributed by atoms with van der Waals surface area (Å²) in [5.74, 6) is 0. The highest BCUT2D eigenvalue weighted by atomic mass is 15.1. The molecule has 0 saturated heterocycles. The minimum atomic E-state index is 0.950. The van der Waals surface area contributed by atoms with Crippen LogP contribution >= 0.6 is 0 Å². The second-order valence-corrected chi connectivity index (χ2v) is 3.08. The predicted molar refractivity (Wildman–Crippen MR) is 60.3 cm³/mol. The van der Waals surface area contributed by atoms with Crippen LogP contribution in [0.15, 0.2) is 49.9 Å². The van der Waals surface area contributed by atoms with Crippen molar-refractivity contribution in [1.82, 2.24) is 4.90 Å². The summed E-state index contributed by atoms with van der Waals surface area (Å²) in [5, 5.41) is 0. The van der Waals surface area contributed by atoms with Crippen molar-refractivity contribution in [3.05, 3.63) is 49.9 Å². The van der Waals surface area contributed by atoms with Crippen molar-refractivity contribution < 1.29 is 0 Å². The SMILES string of the molecule is C=CC(=C)CCCN(C=C)C(=C)C. The van der Waals surface area contributed by atoms with Gasteiger partial charge in [-0.3, -0.25) is 0 Å². The Kier molecular flexibility index (Phi) is 5.69. The molecule has 0 N–H and O–H groups in total. The second kappa shape index (κ2) is 6.30. The summed E-state index contributed by atoms with van der Waals surface area (Å²) in [6, 6.07) is 0. The highest BCUT2D eigenvalue weighted by molar-refractivity contribution is 5.10. The zero-order chi connectivity index (χ0) is 10.3. The molecule has 0 amide bonds. The smallest absolute Gasteiger partial charge is 0.0224 e. The Morgan fingerprint density at radius 1 is 1.31 bits per heavy atom. The van der Waals surface area contributed by atoms with Gasteiger partial charge < -0.3 is 4.90 Å². The monoisotopic (exact) mass is 177 g/mol. The van der Waals surface area contributed by atoms with Crippen molar-refractivity contribution in [3.63, 3.8) is 0 Å². The van der Waals surface area contributed by atoms with Gasteiger partial charge in [-0.15, -0.1) is 0 Å². The lowest BCUT2D eigenvalue weighted by Gasteiger charge is -2.19. The third-order valence-electron chi connectivity index (χ3n) is 1.90. The van der Waals surface area contributed by atoms with Gasteiger partial charge in [-0.05, 0) is 26.0 Å². The zero-order valence-corrected chi connectivity index (χ0v) is 8.55. The lowest BCUT2D eigenvalue weighted by molar-refractivity contribution is 0.456. The van der Waals surface area contributed by atoms with Crippen LogP contribution < -0.4 is 0 Å². The molecule has 0 aliphatic heterocycles. The highest BCUT2D eigenvalue weighted by Crippen LogP contribution is 2.07. The minimum absolute atomic E-state index is 0.950. The molecule has 0 bridgehead atoms. The van der Waals surface area contributed by atoms with Crippen LogP contribution in [0.2, 0.25) is 0 Å². The standard InChI is InChI=1S/C12H19N/c1-6-12(5)9-8-10-13(7-2)11(3)4/h6-7H,1-3,5,8-10H2,4H3. The fourth-order valence-corrected chi connectivity index (χ4v) is 1.02. The summed E-state index contributed by atoms with van der Waals surface area (Å²) in [5.41, 5.74) is 2.12. The van der Waals surface area contributed by atoms with Gasteiger partial charge in [0.25, 0.3) is 0 Å². The van der Waals surface area contributed by atoms with Crippen LogP contribution in [0.1, 0.15) is 19.8 Å². The average molecular weight is 177 g/mol. The van der Waals surface area contributed by atoms with E-state index in [1.807, 2.05) is 11.8 Å². The van der Waals surface area contributed by atoms with Crippen LogP contribution in [0.4, 0.5) is 0 Å². The summed E-state index contributed by atoms with van der Waals surface area (Å²) < 4.78 is 0. The molecule has 13 heavy (non-hydrogen) atoms. The van der Waals surface area contributed by atoms with Crippen molar-refractivity contribution in [2.45, 2.75) is 19.8 Å². The lowest BCUT2D eigenvalue weighted by atomic mass is 10.1. The van der Waals surface area contributed by atoms with Gasteiger partial charge in [-0.25, -0.2) is 0 Å². The summed E-state index contributed by atoms with van der Waals surface area (Å²) >= 11 is 0. The van der Waals surface area contributed by atoms with Gasteiger partial charge in [-0.2, -0.15) is 0 Å². The zero-order valence-electron chi connectivity index (χ0n) is 8.55. The summed E-state index contributed by atoms with van der Waals surface area (Å²) in [6.07, 6.45) is 5.66. The molecule has 0 radical (unpaired) electrons. The van der Waals surface area contributed by atoms with E-state index in [0.717, 1.165) is 30.7 Å². The first kappa shape index (κ1) is 11.8. The van der Waals surface area contributed by atoms with E-state index in [9.17, 15) is 0 Å². The molecular weight excluding hydrogens is 158 g/mol.